The first-order valence-corrected chi connectivity index (χ1v) is 5.89. The van der Waals surface area contributed by atoms with Gasteiger partial charge in [0.25, 0.3) is 0 Å². The Kier molecular flexibility index (Phi) is 2.91. The molecule has 1 amide bonds. The Hall–Kier alpha value is -1.43. The van der Waals surface area contributed by atoms with E-state index >= 15 is 0 Å². The van der Waals surface area contributed by atoms with Gasteiger partial charge >= 0.3 is 5.97 Å². The summed E-state index contributed by atoms with van der Waals surface area (Å²) in [6.45, 7) is 1.41. The maximum Gasteiger partial charge on any atom is 0.332 e. The molecule has 86 valence electrons. The van der Waals surface area contributed by atoms with Crippen LogP contribution in [-0.4, -0.2) is 32.9 Å². The van der Waals surface area contributed by atoms with Gasteiger partial charge in [-0.1, -0.05) is 0 Å². The van der Waals surface area contributed by atoms with Gasteiger partial charge in [0, 0.05) is 19.2 Å². The van der Waals surface area contributed by atoms with Gasteiger partial charge in [0.1, 0.15) is 0 Å². The fourth-order valence-corrected chi connectivity index (χ4v) is 2.45. The Bertz CT molecular complexity index is 400. The van der Waals surface area contributed by atoms with E-state index in [4.69, 9.17) is 0 Å². The lowest BCUT2D eigenvalue weighted by Gasteiger charge is -2.26. The minimum Gasteiger partial charge on any atom is -0.479 e. The predicted molar refractivity (Wildman–Crippen MR) is 58.0 cm³/mol. The molecular weight excluding hydrogens is 228 g/mol. The number of aliphatic carboxylic acids is 1. The number of carbonyl (C=O) groups is 2. The van der Waals surface area contributed by atoms with Crippen LogP contribution in [0.15, 0.2) is 11.7 Å². The zero-order valence-corrected chi connectivity index (χ0v) is 9.61. The molecule has 0 spiro atoms. The first-order valence-electron chi connectivity index (χ1n) is 5.01. The summed E-state index contributed by atoms with van der Waals surface area (Å²) in [6, 6.07) is -0.793. The van der Waals surface area contributed by atoms with Crippen LogP contribution in [0.2, 0.25) is 0 Å². The van der Waals surface area contributed by atoms with Crippen molar-refractivity contribution in [1.82, 2.24) is 9.88 Å². The quantitative estimate of drug-likeness (QED) is 0.860. The van der Waals surface area contributed by atoms with E-state index in [0.717, 1.165) is 12.8 Å². The summed E-state index contributed by atoms with van der Waals surface area (Å²) >= 11 is 1.26. The summed E-state index contributed by atoms with van der Waals surface area (Å²) in [5.74, 6) is -1.19. The number of amides is 1. The van der Waals surface area contributed by atoms with Gasteiger partial charge in [0.05, 0.1) is 10.4 Å². The van der Waals surface area contributed by atoms with Crippen molar-refractivity contribution in [3.05, 3.63) is 16.6 Å². The highest BCUT2D eigenvalue weighted by Crippen LogP contribution is 2.35. The van der Waals surface area contributed by atoms with Crippen LogP contribution in [-0.2, 0) is 9.59 Å². The number of rotatable bonds is 4. The molecule has 16 heavy (non-hydrogen) atoms. The molecule has 0 aliphatic heterocycles. The summed E-state index contributed by atoms with van der Waals surface area (Å²) in [5, 5.41) is 9.23. The van der Waals surface area contributed by atoms with Crippen LogP contribution in [0.25, 0.3) is 0 Å². The molecule has 1 aromatic rings. The molecule has 1 aliphatic carbocycles. The highest BCUT2D eigenvalue weighted by Gasteiger charge is 2.40. The second-order valence-corrected chi connectivity index (χ2v) is 4.72. The van der Waals surface area contributed by atoms with Crippen molar-refractivity contribution in [2.24, 2.45) is 0 Å². The van der Waals surface area contributed by atoms with Gasteiger partial charge < -0.3 is 10.0 Å². The monoisotopic (exact) mass is 240 g/mol. The van der Waals surface area contributed by atoms with Crippen molar-refractivity contribution in [3.8, 4) is 0 Å². The Morgan fingerprint density at radius 2 is 2.31 bits per heavy atom. The maximum atomic E-state index is 11.5. The van der Waals surface area contributed by atoms with Crippen LogP contribution in [0.1, 0.15) is 30.7 Å². The Morgan fingerprint density at radius 3 is 2.69 bits per heavy atom. The number of carbonyl (C=O) groups excluding carboxylic acids is 1. The van der Waals surface area contributed by atoms with Crippen molar-refractivity contribution in [2.45, 2.75) is 31.8 Å². The van der Waals surface area contributed by atoms with E-state index in [1.165, 1.54) is 29.4 Å². The van der Waals surface area contributed by atoms with Crippen LogP contribution in [0.3, 0.4) is 0 Å². The normalized spacial score (nSPS) is 16.8. The number of hydrogen-bond acceptors (Lipinski definition) is 4. The molecule has 2 rings (SSSR count). The van der Waals surface area contributed by atoms with E-state index in [-0.39, 0.29) is 11.9 Å². The van der Waals surface area contributed by atoms with Gasteiger partial charge in [-0.3, -0.25) is 9.78 Å². The number of nitrogens with zero attached hydrogens (tertiary/aromatic N) is 2. The van der Waals surface area contributed by atoms with Gasteiger partial charge in [-0.15, -0.1) is 11.3 Å². The standard InChI is InChI=1S/C10H12N2O3S/c1-6(13)12(7-2-3-7)9(10(14)15)8-4-11-5-16-8/h4-5,7,9H,2-3H2,1H3,(H,14,15). The molecule has 1 heterocycles. The van der Waals surface area contributed by atoms with E-state index < -0.39 is 12.0 Å². The topological polar surface area (TPSA) is 70.5 Å². The molecular formula is C10H12N2O3S. The number of thiazole rings is 1. The smallest absolute Gasteiger partial charge is 0.332 e. The first-order chi connectivity index (χ1) is 7.61. The lowest BCUT2D eigenvalue weighted by Crippen LogP contribution is -2.38. The molecule has 0 bridgehead atoms. The fourth-order valence-electron chi connectivity index (χ4n) is 1.74. The van der Waals surface area contributed by atoms with Gasteiger partial charge in [0.2, 0.25) is 5.91 Å². The highest BCUT2D eigenvalue weighted by atomic mass is 32.1. The number of carboxylic acid groups (broad SMARTS) is 1. The van der Waals surface area contributed by atoms with Gasteiger partial charge in [-0.25, -0.2) is 4.79 Å². The number of carboxylic acids is 1. The second kappa shape index (κ2) is 4.21. The van der Waals surface area contributed by atoms with Gasteiger partial charge in [-0.2, -0.15) is 0 Å². The average molecular weight is 240 g/mol. The summed E-state index contributed by atoms with van der Waals surface area (Å²) < 4.78 is 0. The van der Waals surface area contributed by atoms with Crippen molar-refractivity contribution < 1.29 is 14.7 Å². The maximum absolute atomic E-state index is 11.5. The lowest BCUT2D eigenvalue weighted by atomic mass is 10.2. The zero-order chi connectivity index (χ0) is 11.7. The summed E-state index contributed by atoms with van der Waals surface area (Å²) in [5.41, 5.74) is 1.58. The third-order valence-corrected chi connectivity index (χ3v) is 3.36. The third kappa shape index (κ3) is 2.06. The van der Waals surface area contributed by atoms with E-state index in [2.05, 4.69) is 4.98 Å². The van der Waals surface area contributed by atoms with Gasteiger partial charge in [0.15, 0.2) is 6.04 Å². The molecule has 1 unspecified atom stereocenters. The van der Waals surface area contributed by atoms with Crippen molar-refractivity contribution in [1.29, 1.82) is 0 Å². The first kappa shape index (κ1) is 11.1. The van der Waals surface area contributed by atoms with E-state index in [9.17, 15) is 14.7 Å². The molecule has 1 N–H and O–H groups in total. The Balaban J connectivity index is 2.30. The van der Waals surface area contributed by atoms with Crippen molar-refractivity contribution >= 4 is 23.2 Å². The molecule has 0 saturated heterocycles. The lowest BCUT2D eigenvalue weighted by molar-refractivity contribution is -0.150. The molecule has 0 radical (unpaired) electrons. The van der Waals surface area contributed by atoms with E-state index in [1.807, 2.05) is 0 Å². The van der Waals surface area contributed by atoms with Crippen LogP contribution >= 0.6 is 11.3 Å². The molecule has 1 saturated carbocycles. The van der Waals surface area contributed by atoms with E-state index in [1.54, 1.807) is 5.51 Å². The minimum absolute atomic E-state index is 0.0840. The van der Waals surface area contributed by atoms with Gasteiger partial charge in [-0.05, 0) is 12.8 Å². The second-order valence-electron chi connectivity index (χ2n) is 3.80. The SMILES string of the molecule is CC(=O)N(C1CC1)C(C(=O)O)c1cncs1. The van der Waals surface area contributed by atoms with Crippen LogP contribution in [0, 0.1) is 0 Å². The Morgan fingerprint density at radius 1 is 1.62 bits per heavy atom. The molecule has 6 heteroatoms. The zero-order valence-electron chi connectivity index (χ0n) is 8.79. The molecule has 5 nitrogen and oxygen atoms in total. The van der Waals surface area contributed by atoms with Crippen LogP contribution in [0.5, 0.6) is 0 Å². The predicted octanol–water partition coefficient (Wildman–Crippen LogP) is 1.28. The third-order valence-electron chi connectivity index (χ3n) is 2.54. The average Bonchev–Trinajstić information content (AvgIpc) is 2.89. The molecule has 1 aromatic heterocycles. The highest BCUT2D eigenvalue weighted by molar-refractivity contribution is 7.09. The molecule has 1 fully saturated rings. The fraction of sp³-hybridized carbons (Fsp3) is 0.500. The Labute approximate surface area is 96.7 Å². The van der Waals surface area contributed by atoms with Crippen LogP contribution < -0.4 is 0 Å². The number of hydrogen-bond donors (Lipinski definition) is 1. The number of aromatic nitrogens is 1. The largest absolute Gasteiger partial charge is 0.479 e. The van der Waals surface area contributed by atoms with E-state index in [0.29, 0.717) is 4.88 Å². The molecule has 1 aliphatic rings. The summed E-state index contributed by atoms with van der Waals surface area (Å²) in [7, 11) is 0. The molecule has 0 aromatic carbocycles. The minimum atomic E-state index is -0.994. The van der Waals surface area contributed by atoms with Crippen molar-refractivity contribution in [3.63, 3.8) is 0 Å². The van der Waals surface area contributed by atoms with Crippen LogP contribution in [0.4, 0.5) is 0 Å². The van der Waals surface area contributed by atoms with Crippen molar-refractivity contribution in [2.75, 3.05) is 0 Å². The summed E-state index contributed by atoms with van der Waals surface area (Å²) in [4.78, 5) is 28.7. The molecule has 1 atom stereocenters. The summed E-state index contributed by atoms with van der Waals surface area (Å²) in [6.07, 6.45) is 3.30.